The summed E-state index contributed by atoms with van der Waals surface area (Å²) in [6.45, 7) is 0.700. The highest BCUT2D eigenvalue weighted by molar-refractivity contribution is 7.09. The number of nitrogens with zero attached hydrogens (tertiary/aromatic N) is 2. The van der Waals surface area contributed by atoms with Crippen LogP contribution in [-0.4, -0.2) is 24.2 Å². The predicted molar refractivity (Wildman–Crippen MR) is 84.3 cm³/mol. The monoisotopic (exact) mass is 301 g/mol. The number of hydrogen-bond donors (Lipinski definition) is 1. The molecule has 0 unspecified atom stereocenters. The molecule has 0 saturated heterocycles. The summed E-state index contributed by atoms with van der Waals surface area (Å²) in [4.78, 5) is 9.64. The van der Waals surface area contributed by atoms with E-state index in [1.165, 1.54) is 0 Å². The fraction of sp³-hybridized carbons (Fsp3) is 0.200. The first-order valence-corrected chi connectivity index (χ1v) is 7.31. The molecule has 0 spiro atoms. The van der Waals surface area contributed by atoms with Crippen molar-refractivity contribution in [3.05, 3.63) is 41.0 Å². The van der Waals surface area contributed by atoms with Gasteiger partial charge in [-0.3, -0.25) is 4.98 Å². The van der Waals surface area contributed by atoms with Crippen LogP contribution in [0.25, 0.3) is 10.8 Å². The molecule has 3 rings (SSSR count). The van der Waals surface area contributed by atoms with E-state index in [9.17, 15) is 0 Å². The van der Waals surface area contributed by atoms with Crippen molar-refractivity contribution in [1.29, 1.82) is 0 Å². The van der Waals surface area contributed by atoms with Crippen molar-refractivity contribution in [3.8, 4) is 11.5 Å². The minimum Gasteiger partial charge on any atom is -0.493 e. The highest BCUT2D eigenvalue weighted by Gasteiger charge is 2.09. The van der Waals surface area contributed by atoms with Gasteiger partial charge in [0.1, 0.15) is 5.82 Å². The normalized spacial score (nSPS) is 10.6. The first kappa shape index (κ1) is 13.6. The van der Waals surface area contributed by atoms with Gasteiger partial charge in [0, 0.05) is 22.7 Å². The van der Waals surface area contributed by atoms with E-state index in [0.29, 0.717) is 18.0 Å². The summed E-state index contributed by atoms with van der Waals surface area (Å²) in [5.74, 6) is 2.23. The van der Waals surface area contributed by atoms with Crippen LogP contribution in [0, 0.1) is 0 Å². The zero-order chi connectivity index (χ0) is 14.7. The van der Waals surface area contributed by atoms with Crippen LogP contribution in [0.5, 0.6) is 11.5 Å². The molecule has 2 heterocycles. The molecule has 3 aromatic rings. The van der Waals surface area contributed by atoms with Gasteiger partial charge in [-0.05, 0) is 23.6 Å². The van der Waals surface area contributed by atoms with Crippen molar-refractivity contribution >= 4 is 27.9 Å². The van der Waals surface area contributed by atoms with Crippen molar-refractivity contribution in [1.82, 2.24) is 9.97 Å². The van der Waals surface area contributed by atoms with Crippen LogP contribution in [0.4, 0.5) is 5.82 Å². The van der Waals surface area contributed by atoms with E-state index in [1.54, 1.807) is 31.8 Å². The number of thiazole rings is 1. The zero-order valence-electron chi connectivity index (χ0n) is 11.8. The molecule has 0 radical (unpaired) electrons. The third kappa shape index (κ3) is 2.75. The summed E-state index contributed by atoms with van der Waals surface area (Å²) in [6.07, 6.45) is 3.63. The van der Waals surface area contributed by atoms with E-state index >= 15 is 0 Å². The number of hydrogen-bond acceptors (Lipinski definition) is 6. The molecule has 0 aliphatic rings. The Labute approximate surface area is 126 Å². The molecule has 1 aromatic carbocycles. The fourth-order valence-corrected chi connectivity index (χ4v) is 2.67. The summed E-state index contributed by atoms with van der Waals surface area (Å²) in [7, 11) is 3.26. The maximum absolute atomic E-state index is 5.36. The number of ether oxygens (including phenoxy) is 2. The van der Waals surface area contributed by atoms with E-state index in [-0.39, 0.29) is 0 Å². The molecule has 0 aliphatic heterocycles. The molecule has 0 aliphatic carbocycles. The molecule has 0 fully saturated rings. The molecule has 1 N–H and O–H groups in total. The minimum atomic E-state index is 0.693. The lowest BCUT2D eigenvalue weighted by atomic mass is 10.1. The second-order valence-corrected chi connectivity index (χ2v) is 5.38. The van der Waals surface area contributed by atoms with Crippen molar-refractivity contribution in [2.24, 2.45) is 0 Å². The van der Waals surface area contributed by atoms with Gasteiger partial charge in [0.25, 0.3) is 0 Å². The quantitative estimate of drug-likeness (QED) is 0.783. The average Bonchev–Trinajstić information content (AvgIpc) is 3.04. The first-order chi connectivity index (χ1) is 10.3. The molecule has 0 saturated carbocycles. The van der Waals surface area contributed by atoms with Crippen LogP contribution in [0.15, 0.2) is 36.1 Å². The molecular formula is C15H15N3O2S. The van der Waals surface area contributed by atoms with E-state index in [4.69, 9.17) is 9.47 Å². The molecule has 5 nitrogen and oxygen atoms in total. The number of pyridine rings is 1. The number of fused-ring (bicyclic) bond motifs is 1. The third-order valence-electron chi connectivity index (χ3n) is 3.18. The maximum atomic E-state index is 5.36. The lowest BCUT2D eigenvalue weighted by Crippen LogP contribution is -2.01. The van der Waals surface area contributed by atoms with Crippen LogP contribution in [-0.2, 0) is 6.54 Å². The largest absolute Gasteiger partial charge is 0.493 e. The van der Waals surface area contributed by atoms with E-state index < -0.39 is 0 Å². The molecule has 21 heavy (non-hydrogen) atoms. The minimum absolute atomic E-state index is 0.693. The Morgan fingerprint density at radius 1 is 1.19 bits per heavy atom. The summed E-state index contributed by atoms with van der Waals surface area (Å²) in [5.41, 5.74) is 1.82. The van der Waals surface area contributed by atoms with E-state index in [0.717, 1.165) is 21.5 Å². The van der Waals surface area contributed by atoms with Gasteiger partial charge >= 0.3 is 0 Å². The lowest BCUT2D eigenvalue weighted by molar-refractivity contribution is 0.356. The molecule has 0 bridgehead atoms. The van der Waals surface area contributed by atoms with Gasteiger partial charge in [-0.15, -0.1) is 11.3 Å². The second-order valence-electron chi connectivity index (χ2n) is 4.41. The third-order valence-corrected chi connectivity index (χ3v) is 3.96. The number of methoxy groups -OCH3 is 2. The van der Waals surface area contributed by atoms with Gasteiger partial charge in [0.2, 0.25) is 0 Å². The van der Waals surface area contributed by atoms with Crippen LogP contribution >= 0.6 is 11.3 Å². The predicted octanol–water partition coefficient (Wildman–Crippen LogP) is 3.32. The Balaban J connectivity index is 1.98. The summed E-state index contributed by atoms with van der Waals surface area (Å²) in [6, 6.07) is 5.85. The summed E-state index contributed by atoms with van der Waals surface area (Å²) >= 11 is 1.62. The van der Waals surface area contributed by atoms with Crippen LogP contribution in [0.3, 0.4) is 0 Å². The Morgan fingerprint density at radius 2 is 2.00 bits per heavy atom. The van der Waals surface area contributed by atoms with Crippen molar-refractivity contribution in [2.45, 2.75) is 6.54 Å². The van der Waals surface area contributed by atoms with Crippen LogP contribution < -0.4 is 14.8 Å². The molecular weight excluding hydrogens is 286 g/mol. The van der Waals surface area contributed by atoms with Gasteiger partial charge in [-0.2, -0.15) is 0 Å². The lowest BCUT2D eigenvalue weighted by Gasteiger charge is -2.12. The summed E-state index contributed by atoms with van der Waals surface area (Å²) in [5, 5.41) is 5.39. The zero-order valence-corrected chi connectivity index (χ0v) is 12.6. The standard InChI is InChI=1S/C15H15N3O2S/c1-19-13-5-10-3-4-17-15(12(10)6-14(13)20-2)18-8-11-7-16-9-21-11/h3-7,9H,8H2,1-2H3,(H,17,18). The topological polar surface area (TPSA) is 56.3 Å². The SMILES string of the molecule is COc1cc2ccnc(NCc3cncs3)c2cc1OC. The Kier molecular flexibility index (Phi) is 3.87. The Hall–Kier alpha value is -2.34. The molecule has 0 amide bonds. The Bertz CT molecular complexity index is 744. The fourth-order valence-electron chi connectivity index (χ4n) is 2.14. The van der Waals surface area contributed by atoms with Crippen molar-refractivity contribution in [2.75, 3.05) is 19.5 Å². The van der Waals surface area contributed by atoms with Gasteiger partial charge in [0.15, 0.2) is 11.5 Å². The highest BCUT2D eigenvalue weighted by Crippen LogP contribution is 2.34. The van der Waals surface area contributed by atoms with Gasteiger partial charge in [0.05, 0.1) is 26.3 Å². The summed E-state index contributed by atoms with van der Waals surface area (Å²) < 4.78 is 10.7. The number of aromatic nitrogens is 2. The first-order valence-electron chi connectivity index (χ1n) is 6.44. The van der Waals surface area contributed by atoms with Crippen LogP contribution in [0.1, 0.15) is 4.88 Å². The average molecular weight is 301 g/mol. The van der Waals surface area contributed by atoms with Crippen molar-refractivity contribution < 1.29 is 9.47 Å². The Morgan fingerprint density at radius 3 is 2.71 bits per heavy atom. The number of nitrogens with one attached hydrogen (secondary N) is 1. The van der Waals surface area contributed by atoms with E-state index in [2.05, 4.69) is 15.3 Å². The van der Waals surface area contributed by atoms with Crippen molar-refractivity contribution in [3.63, 3.8) is 0 Å². The highest BCUT2D eigenvalue weighted by atomic mass is 32.1. The smallest absolute Gasteiger partial charge is 0.161 e. The maximum Gasteiger partial charge on any atom is 0.161 e. The van der Waals surface area contributed by atoms with Crippen LogP contribution in [0.2, 0.25) is 0 Å². The van der Waals surface area contributed by atoms with E-state index in [1.807, 2.05) is 29.9 Å². The molecule has 2 aromatic heterocycles. The molecule has 108 valence electrons. The number of benzene rings is 1. The molecule has 6 heteroatoms. The van der Waals surface area contributed by atoms with Gasteiger partial charge in [-0.25, -0.2) is 4.98 Å². The van der Waals surface area contributed by atoms with Gasteiger partial charge in [-0.1, -0.05) is 0 Å². The van der Waals surface area contributed by atoms with Gasteiger partial charge < -0.3 is 14.8 Å². The second kappa shape index (κ2) is 5.97. The number of anilines is 1. The molecule has 0 atom stereocenters. The number of rotatable bonds is 5.